The van der Waals surface area contributed by atoms with E-state index >= 15 is 0 Å². The van der Waals surface area contributed by atoms with Gasteiger partial charge in [0.05, 0.1) is 19.2 Å². The van der Waals surface area contributed by atoms with Crippen molar-refractivity contribution in [3.05, 3.63) is 17.0 Å². The molecule has 2 rings (SSSR count). The number of H-pyrrole nitrogens is 2. The first kappa shape index (κ1) is 12.1. The van der Waals surface area contributed by atoms with E-state index in [4.69, 9.17) is 4.74 Å². The summed E-state index contributed by atoms with van der Waals surface area (Å²) in [5.41, 5.74) is 2.59. The number of nitrogens with one attached hydrogen (secondary N) is 3. The number of hydrogen-bond acceptors (Lipinski definition) is 5. The highest BCUT2D eigenvalue weighted by molar-refractivity contribution is 5.90. The van der Waals surface area contributed by atoms with Crippen LogP contribution in [0.2, 0.25) is 0 Å². The first-order valence-corrected chi connectivity index (χ1v) is 5.37. The summed E-state index contributed by atoms with van der Waals surface area (Å²) in [6, 6.07) is 0.181. The van der Waals surface area contributed by atoms with E-state index in [1.54, 1.807) is 0 Å². The number of ether oxygens (including phenoxy) is 1. The summed E-state index contributed by atoms with van der Waals surface area (Å²) in [4.78, 5) is 15.7. The number of anilines is 1. The fourth-order valence-corrected chi connectivity index (χ4v) is 1.56. The van der Waals surface area contributed by atoms with E-state index in [9.17, 15) is 4.79 Å². The maximum Gasteiger partial charge on any atom is 0.336 e. The third-order valence-electron chi connectivity index (χ3n) is 2.52. The lowest BCUT2D eigenvalue weighted by Gasteiger charge is -2.01. The maximum atomic E-state index is 11.8. The lowest BCUT2D eigenvalue weighted by molar-refractivity contribution is -0.115. The monoisotopic (exact) mass is 250 g/mol. The zero-order chi connectivity index (χ0) is 13.1. The molecule has 0 bridgehead atoms. The minimum Gasteiger partial charge on any atom is -0.466 e. The fraction of sp³-hybridized carbons (Fsp3) is 0.400. The van der Waals surface area contributed by atoms with E-state index < -0.39 is 0 Å². The van der Waals surface area contributed by atoms with Gasteiger partial charge < -0.3 is 4.74 Å². The Labute approximate surface area is 103 Å². The molecule has 2 aromatic heterocycles. The van der Waals surface area contributed by atoms with E-state index in [-0.39, 0.29) is 24.3 Å². The average molecular weight is 250 g/mol. The summed E-state index contributed by atoms with van der Waals surface area (Å²) < 4.78 is 4.80. The lowest BCUT2D eigenvalue weighted by atomic mass is 10.1. The van der Waals surface area contributed by atoms with Gasteiger partial charge in [0.1, 0.15) is 0 Å². The van der Waals surface area contributed by atoms with Crippen molar-refractivity contribution in [2.75, 3.05) is 12.4 Å². The first-order chi connectivity index (χ1) is 8.60. The van der Waals surface area contributed by atoms with Crippen molar-refractivity contribution in [3.63, 3.8) is 0 Å². The maximum absolute atomic E-state index is 11.8. The zero-order valence-corrected chi connectivity index (χ0v) is 10.4. The molecular formula is C10H14N6O2. The van der Waals surface area contributed by atoms with Crippen LogP contribution in [0.3, 0.4) is 0 Å². The Morgan fingerprint density at radius 2 is 2.11 bits per heavy atom. The smallest absolute Gasteiger partial charge is 0.336 e. The number of nitrogens with zero attached hydrogens (tertiary/aromatic N) is 3. The topological polar surface area (TPSA) is 109 Å². The van der Waals surface area contributed by atoms with Crippen molar-refractivity contribution in [1.82, 2.24) is 25.4 Å². The van der Waals surface area contributed by atoms with Gasteiger partial charge in [-0.1, -0.05) is 0 Å². The van der Waals surface area contributed by atoms with Gasteiger partial charge in [-0.3, -0.25) is 15.2 Å². The summed E-state index contributed by atoms with van der Waals surface area (Å²) in [6.45, 7) is 3.73. The molecule has 0 aliphatic rings. The van der Waals surface area contributed by atoms with Gasteiger partial charge in [0.15, 0.2) is 0 Å². The van der Waals surface area contributed by atoms with Gasteiger partial charge in [0, 0.05) is 11.3 Å². The van der Waals surface area contributed by atoms with Crippen LogP contribution in [0.1, 0.15) is 17.0 Å². The average Bonchev–Trinajstić information content (AvgIpc) is 2.91. The van der Waals surface area contributed by atoms with Gasteiger partial charge in [-0.15, -0.1) is 5.10 Å². The highest BCUT2D eigenvalue weighted by Gasteiger charge is 2.13. The largest absolute Gasteiger partial charge is 0.466 e. The van der Waals surface area contributed by atoms with Crippen molar-refractivity contribution in [1.29, 1.82) is 0 Å². The Morgan fingerprint density at radius 3 is 2.67 bits per heavy atom. The summed E-state index contributed by atoms with van der Waals surface area (Å²) in [5, 5.41) is 15.7. The Kier molecular flexibility index (Phi) is 3.26. The molecule has 8 heteroatoms. The number of carbonyl (C=O) groups is 1. The Balaban J connectivity index is 2.01. The Hall–Kier alpha value is -2.38. The van der Waals surface area contributed by atoms with Crippen molar-refractivity contribution < 1.29 is 9.53 Å². The summed E-state index contributed by atoms with van der Waals surface area (Å²) in [7, 11) is 1.45. The number of amides is 1. The van der Waals surface area contributed by atoms with Crippen molar-refractivity contribution in [2.24, 2.45) is 0 Å². The third-order valence-corrected chi connectivity index (χ3v) is 2.52. The lowest BCUT2D eigenvalue weighted by Crippen LogP contribution is -2.16. The van der Waals surface area contributed by atoms with E-state index in [1.807, 2.05) is 13.8 Å². The zero-order valence-electron chi connectivity index (χ0n) is 10.4. The quantitative estimate of drug-likeness (QED) is 0.724. The van der Waals surface area contributed by atoms with Crippen LogP contribution in [-0.2, 0) is 11.2 Å². The number of aromatic amines is 2. The molecule has 2 aromatic rings. The third kappa shape index (κ3) is 2.47. The molecule has 0 fully saturated rings. The number of hydrogen-bond donors (Lipinski definition) is 3. The molecule has 0 aliphatic heterocycles. The second-order valence-electron chi connectivity index (χ2n) is 3.81. The van der Waals surface area contributed by atoms with Crippen molar-refractivity contribution in [2.45, 2.75) is 20.3 Å². The molecule has 2 heterocycles. The molecule has 96 valence electrons. The van der Waals surface area contributed by atoms with Crippen LogP contribution >= 0.6 is 0 Å². The molecule has 0 atom stereocenters. The van der Waals surface area contributed by atoms with Crippen LogP contribution in [0.15, 0.2) is 0 Å². The van der Waals surface area contributed by atoms with Gasteiger partial charge in [0.2, 0.25) is 11.9 Å². The molecule has 8 nitrogen and oxygen atoms in total. The Morgan fingerprint density at radius 1 is 1.33 bits per heavy atom. The standard InChI is InChI=1S/C10H14N6O2/c1-5-7(6(2)14-13-5)4-8(17)11-9-12-10(18-3)16-15-9/h4H2,1-3H3,(H,13,14)(H2,11,12,15,16,17). The van der Waals surface area contributed by atoms with E-state index in [0.717, 1.165) is 17.0 Å². The molecule has 18 heavy (non-hydrogen) atoms. The van der Waals surface area contributed by atoms with Crippen LogP contribution in [0, 0.1) is 13.8 Å². The van der Waals surface area contributed by atoms with Gasteiger partial charge in [-0.25, -0.2) is 5.10 Å². The number of carbonyl (C=O) groups excluding carboxylic acids is 1. The van der Waals surface area contributed by atoms with Gasteiger partial charge in [0.25, 0.3) is 0 Å². The van der Waals surface area contributed by atoms with E-state index in [0.29, 0.717) is 0 Å². The van der Waals surface area contributed by atoms with Crippen LogP contribution in [0.25, 0.3) is 0 Å². The van der Waals surface area contributed by atoms with Crippen LogP contribution < -0.4 is 10.1 Å². The van der Waals surface area contributed by atoms with Crippen LogP contribution in [0.4, 0.5) is 5.95 Å². The van der Waals surface area contributed by atoms with Crippen molar-refractivity contribution >= 4 is 11.9 Å². The van der Waals surface area contributed by atoms with Gasteiger partial charge >= 0.3 is 6.01 Å². The predicted molar refractivity (Wildman–Crippen MR) is 63.3 cm³/mol. The molecule has 0 unspecified atom stereocenters. The number of rotatable bonds is 4. The normalized spacial score (nSPS) is 10.4. The minimum atomic E-state index is -0.193. The first-order valence-electron chi connectivity index (χ1n) is 5.37. The highest BCUT2D eigenvalue weighted by atomic mass is 16.5. The number of aryl methyl sites for hydroxylation is 2. The van der Waals surface area contributed by atoms with E-state index in [1.165, 1.54) is 7.11 Å². The molecular weight excluding hydrogens is 236 g/mol. The Bertz CT molecular complexity index is 539. The second-order valence-corrected chi connectivity index (χ2v) is 3.81. The minimum absolute atomic E-state index is 0.181. The fourth-order valence-electron chi connectivity index (χ4n) is 1.56. The molecule has 0 saturated carbocycles. The molecule has 0 radical (unpaired) electrons. The molecule has 1 amide bonds. The SMILES string of the molecule is COc1n[nH]c(NC(=O)Cc2c(C)n[nH]c2C)n1. The van der Waals surface area contributed by atoms with Crippen molar-refractivity contribution in [3.8, 4) is 6.01 Å². The molecule has 0 spiro atoms. The van der Waals surface area contributed by atoms with Crippen LogP contribution in [-0.4, -0.2) is 38.4 Å². The van der Waals surface area contributed by atoms with E-state index in [2.05, 4.69) is 30.7 Å². The summed E-state index contributed by atoms with van der Waals surface area (Å²) in [5.74, 6) is 0.0667. The summed E-state index contributed by atoms with van der Waals surface area (Å²) >= 11 is 0. The number of aromatic nitrogens is 5. The van der Waals surface area contributed by atoms with Gasteiger partial charge in [-0.2, -0.15) is 10.1 Å². The highest BCUT2D eigenvalue weighted by Crippen LogP contribution is 2.11. The van der Waals surface area contributed by atoms with Crippen LogP contribution in [0.5, 0.6) is 6.01 Å². The molecule has 0 aliphatic carbocycles. The number of methoxy groups -OCH3 is 1. The molecule has 3 N–H and O–H groups in total. The summed E-state index contributed by atoms with van der Waals surface area (Å²) in [6.07, 6.45) is 0.233. The molecule has 0 saturated heterocycles. The molecule has 0 aromatic carbocycles. The van der Waals surface area contributed by atoms with Gasteiger partial charge in [-0.05, 0) is 13.8 Å². The second kappa shape index (κ2) is 4.86. The predicted octanol–water partition coefficient (Wildman–Crippen LogP) is 0.334.